The monoisotopic (exact) mass is 369 g/mol. The number of methoxy groups -OCH3 is 1. The lowest BCUT2D eigenvalue weighted by Crippen LogP contribution is -2.13. The van der Waals surface area contributed by atoms with E-state index in [2.05, 4.69) is 9.89 Å². The van der Waals surface area contributed by atoms with Gasteiger partial charge >= 0.3 is 11.9 Å². The van der Waals surface area contributed by atoms with Gasteiger partial charge < -0.3 is 14.0 Å². The van der Waals surface area contributed by atoms with E-state index in [4.69, 9.17) is 9.26 Å². The van der Waals surface area contributed by atoms with Crippen LogP contribution in [0, 0.1) is 17.3 Å². The van der Waals surface area contributed by atoms with Gasteiger partial charge in [-0.05, 0) is 18.3 Å². The Kier molecular flexibility index (Phi) is 5.17. The Labute approximate surface area is 158 Å². The van der Waals surface area contributed by atoms with Gasteiger partial charge in [0.1, 0.15) is 11.8 Å². The molecule has 1 aliphatic carbocycles. The minimum Gasteiger partial charge on any atom is -0.466 e. The number of aromatic nitrogens is 1. The highest BCUT2D eigenvalue weighted by Gasteiger charge is 2.61. The quantitative estimate of drug-likeness (QED) is 0.567. The second kappa shape index (κ2) is 7.39. The summed E-state index contributed by atoms with van der Waals surface area (Å²) in [7, 11) is 1.32. The largest absolute Gasteiger partial charge is 0.466 e. The first kappa shape index (κ1) is 18.9. The lowest BCUT2D eigenvalue weighted by Gasteiger charge is -2.10. The van der Waals surface area contributed by atoms with E-state index in [1.54, 1.807) is 19.1 Å². The van der Waals surface area contributed by atoms with Crippen molar-refractivity contribution in [3.63, 3.8) is 0 Å². The van der Waals surface area contributed by atoms with Crippen LogP contribution < -0.4 is 0 Å². The number of hydrogen-bond donors (Lipinski definition) is 0. The van der Waals surface area contributed by atoms with Crippen LogP contribution in [0.2, 0.25) is 0 Å². The maximum Gasteiger partial charge on any atom is 0.330 e. The molecule has 1 aliphatic rings. The molecular formula is C21H23NO5. The van der Waals surface area contributed by atoms with Gasteiger partial charge in [0, 0.05) is 17.7 Å². The normalized spacial score (nSPS) is 21.6. The summed E-state index contributed by atoms with van der Waals surface area (Å²) in [5.41, 5.74) is 1.20. The molecule has 1 unspecified atom stereocenters. The molecule has 6 heteroatoms. The first-order chi connectivity index (χ1) is 12.8. The van der Waals surface area contributed by atoms with E-state index in [9.17, 15) is 9.59 Å². The molecule has 0 aliphatic heterocycles. The Morgan fingerprint density at radius 1 is 1.26 bits per heavy atom. The first-order valence-corrected chi connectivity index (χ1v) is 8.83. The Hall–Kier alpha value is -2.89. The van der Waals surface area contributed by atoms with Gasteiger partial charge in [-0.3, -0.25) is 4.79 Å². The molecule has 2 aromatic rings. The molecule has 27 heavy (non-hydrogen) atoms. The van der Waals surface area contributed by atoms with E-state index in [0.717, 1.165) is 5.56 Å². The van der Waals surface area contributed by atoms with Gasteiger partial charge in [0.25, 0.3) is 0 Å². The van der Waals surface area contributed by atoms with Gasteiger partial charge in [0.05, 0.1) is 13.0 Å². The average Bonchev–Trinajstić information content (AvgIpc) is 3.00. The smallest absolute Gasteiger partial charge is 0.330 e. The van der Waals surface area contributed by atoms with Crippen LogP contribution in [0.1, 0.15) is 32.6 Å². The number of esters is 2. The molecule has 0 saturated heterocycles. The van der Waals surface area contributed by atoms with Gasteiger partial charge in [-0.1, -0.05) is 55.4 Å². The molecule has 6 nitrogen and oxygen atoms in total. The van der Waals surface area contributed by atoms with E-state index < -0.39 is 12.1 Å². The fraction of sp³-hybridized carbons (Fsp3) is 0.381. The molecule has 142 valence electrons. The fourth-order valence-electron chi connectivity index (χ4n) is 3.26. The third-order valence-electron chi connectivity index (χ3n) is 5.10. The molecular weight excluding hydrogens is 346 g/mol. The van der Waals surface area contributed by atoms with Crippen LogP contribution >= 0.6 is 0 Å². The Bertz CT molecular complexity index is 852. The molecule has 3 rings (SSSR count). The summed E-state index contributed by atoms with van der Waals surface area (Å²) in [5.74, 6) is -0.487. The lowest BCUT2D eigenvalue weighted by atomic mass is 10.1. The molecule has 0 N–H and O–H groups in total. The minimum atomic E-state index is -0.527. The maximum absolute atomic E-state index is 12.6. The van der Waals surface area contributed by atoms with Crippen LogP contribution in [-0.2, 0) is 19.1 Å². The highest BCUT2D eigenvalue weighted by atomic mass is 16.5. The number of carbonyl (C=O) groups excluding carboxylic acids is 2. The van der Waals surface area contributed by atoms with Gasteiger partial charge in [-0.25, -0.2) is 4.79 Å². The second-order valence-corrected chi connectivity index (χ2v) is 7.27. The van der Waals surface area contributed by atoms with Crippen LogP contribution in [0.15, 0.2) is 53.1 Å². The van der Waals surface area contributed by atoms with Crippen molar-refractivity contribution in [1.82, 2.24) is 5.16 Å². The molecule has 1 heterocycles. The SMILES string of the molecule is COC(=O)C=C[C@H]1[C@@H](C(=O)OC(C)c2cc(-c3ccccc3)on2)C1(C)C. The van der Waals surface area contributed by atoms with Crippen molar-refractivity contribution < 1.29 is 23.6 Å². The number of hydrogen-bond acceptors (Lipinski definition) is 6. The van der Waals surface area contributed by atoms with Crippen molar-refractivity contribution >= 4 is 11.9 Å². The van der Waals surface area contributed by atoms with Crippen molar-refractivity contribution in [2.45, 2.75) is 26.9 Å². The highest BCUT2D eigenvalue weighted by Crippen LogP contribution is 2.59. The first-order valence-electron chi connectivity index (χ1n) is 8.83. The summed E-state index contributed by atoms with van der Waals surface area (Å²) >= 11 is 0. The standard InChI is InChI=1S/C21H23NO5/c1-13(16-12-17(27-22-16)14-8-6-5-7-9-14)26-20(24)19-15(21(19,2)3)10-11-18(23)25-4/h5-13,15,19H,1-4H3/t13?,15-,19-/m0/s1. The van der Waals surface area contributed by atoms with E-state index in [1.807, 2.05) is 44.2 Å². The Balaban J connectivity index is 1.64. The number of benzene rings is 1. The summed E-state index contributed by atoms with van der Waals surface area (Å²) in [4.78, 5) is 23.8. The van der Waals surface area contributed by atoms with Crippen molar-refractivity contribution in [2.75, 3.05) is 7.11 Å². The van der Waals surface area contributed by atoms with Crippen molar-refractivity contribution in [2.24, 2.45) is 17.3 Å². The van der Waals surface area contributed by atoms with E-state index >= 15 is 0 Å². The van der Waals surface area contributed by atoms with Gasteiger partial charge in [-0.2, -0.15) is 0 Å². The van der Waals surface area contributed by atoms with E-state index in [0.29, 0.717) is 11.5 Å². The van der Waals surface area contributed by atoms with Crippen molar-refractivity contribution in [1.29, 1.82) is 0 Å². The zero-order valence-electron chi connectivity index (χ0n) is 15.8. The number of nitrogens with zero attached hydrogens (tertiary/aromatic N) is 1. The molecule has 3 atom stereocenters. The number of allylic oxidation sites excluding steroid dienone is 1. The predicted octanol–water partition coefficient (Wildman–Crippen LogP) is 3.95. The minimum absolute atomic E-state index is 0.0616. The molecule has 0 bridgehead atoms. The van der Waals surface area contributed by atoms with Crippen molar-refractivity contribution in [3.8, 4) is 11.3 Å². The Morgan fingerprint density at radius 2 is 1.96 bits per heavy atom. The molecule has 0 amide bonds. The summed E-state index contributed by atoms with van der Waals surface area (Å²) in [6.07, 6.45) is 2.54. The zero-order chi connectivity index (χ0) is 19.6. The number of carbonyl (C=O) groups is 2. The summed E-state index contributed by atoms with van der Waals surface area (Å²) < 4.78 is 15.6. The highest BCUT2D eigenvalue weighted by molar-refractivity contribution is 5.83. The van der Waals surface area contributed by atoms with Crippen LogP contribution in [0.4, 0.5) is 0 Å². The summed E-state index contributed by atoms with van der Waals surface area (Å²) in [6.45, 7) is 5.71. The Morgan fingerprint density at radius 3 is 2.63 bits per heavy atom. The average molecular weight is 369 g/mol. The third kappa shape index (κ3) is 3.94. The van der Waals surface area contributed by atoms with Gasteiger partial charge in [-0.15, -0.1) is 0 Å². The van der Waals surface area contributed by atoms with E-state index in [-0.39, 0.29) is 23.2 Å². The van der Waals surface area contributed by atoms with Crippen LogP contribution in [0.25, 0.3) is 11.3 Å². The molecule has 0 spiro atoms. The lowest BCUT2D eigenvalue weighted by molar-refractivity contribution is -0.151. The van der Waals surface area contributed by atoms with Gasteiger partial charge in [0.2, 0.25) is 0 Å². The second-order valence-electron chi connectivity index (χ2n) is 7.27. The topological polar surface area (TPSA) is 78.6 Å². The molecule has 1 aromatic carbocycles. The number of ether oxygens (including phenoxy) is 2. The maximum atomic E-state index is 12.6. The van der Waals surface area contributed by atoms with Gasteiger partial charge in [0.15, 0.2) is 5.76 Å². The fourth-order valence-corrected chi connectivity index (χ4v) is 3.26. The van der Waals surface area contributed by atoms with Crippen LogP contribution in [0.3, 0.4) is 0 Å². The number of rotatable bonds is 6. The summed E-state index contributed by atoms with van der Waals surface area (Å²) in [6, 6.07) is 11.4. The predicted molar refractivity (Wildman–Crippen MR) is 98.4 cm³/mol. The van der Waals surface area contributed by atoms with Crippen LogP contribution in [-0.4, -0.2) is 24.2 Å². The molecule has 1 fully saturated rings. The van der Waals surface area contributed by atoms with Crippen molar-refractivity contribution in [3.05, 3.63) is 54.2 Å². The molecule has 1 aromatic heterocycles. The zero-order valence-corrected chi connectivity index (χ0v) is 15.8. The third-order valence-corrected chi connectivity index (χ3v) is 5.10. The van der Waals surface area contributed by atoms with E-state index in [1.165, 1.54) is 13.2 Å². The van der Waals surface area contributed by atoms with Crippen LogP contribution in [0.5, 0.6) is 0 Å². The summed E-state index contributed by atoms with van der Waals surface area (Å²) in [5, 5.41) is 4.02. The molecule has 1 saturated carbocycles. The molecule has 0 radical (unpaired) electrons.